The number of rotatable bonds is 3. The fourth-order valence-electron chi connectivity index (χ4n) is 2.93. The van der Waals surface area contributed by atoms with Gasteiger partial charge in [-0.2, -0.15) is 0 Å². The second kappa shape index (κ2) is 6.16. The molecule has 1 aliphatic rings. The minimum Gasteiger partial charge on any atom is -0.371 e. The van der Waals surface area contributed by atoms with E-state index in [0.29, 0.717) is 11.9 Å². The summed E-state index contributed by atoms with van der Waals surface area (Å²) in [5.74, 6) is 1.23. The molecule has 0 N–H and O–H groups in total. The molecule has 0 spiro atoms. The summed E-state index contributed by atoms with van der Waals surface area (Å²) in [4.78, 5) is 2.38. The van der Waals surface area contributed by atoms with Crippen LogP contribution in [0.1, 0.15) is 38.2 Å². The van der Waals surface area contributed by atoms with E-state index in [-0.39, 0.29) is 0 Å². The normalized spacial score (nSPS) is 24.0. The van der Waals surface area contributed by atoms with Crippen LogP contribution in [0.2, 0.25) is 5.02 Å². The van der Waals surface area contributed by atoms with E-state index < -0.39 is 0 Å². The first kappa shape index (κ1) is 14.0. The molecule has 1 aromatic rings. The van der Waals surface area contributed by atoms with E-state index in [4.69, 9.17) is 23.2 Å². The molecule has 1 fully saturated rings. The van der Waals surface area contributed by atoms with E-state index in [1.54, 1.807) is 0 Å². The molecule has 0 bridgehead atoms. The molecule has 1 aromatic carbocycles. The van der Waals surface area contributed by atoms with Gasteiger partial charge in [-0.05, 0) is 36.5 Å². The molecule has 0 radical (unpaired) electrons. The highest BCUT2D eigenvalue weighted by molar-refractivity contribution is 6.32. The molecule has 3 heteroatoms. The van der Waals surface area contributed by atoms with Crippen LogP contribution in [-0.2, 0) is 5.88 Å². The average molecular weight is 286 g/mol. The van der Waals surface area contributed by atoms with Gasteiger partial charge in [0, 0.05) is 29.7 Å². The van der Waals surface area contributed by atoms with Crippen molar-refractivity contribution in [2.24, 2.45) is 5.92 Å². The molecule has 0 aromatic heterocycles. The SMILES string of the molecule is CC1CCCCC1N(C)c1ccc(CCl)c(Cl)c1. The van der Waals surface area contributed by atoms with E-state index in [2.05, 4.69) is 24.9 Å². The maximum atomic E-state index is 6.24. The summed E-state index contributed by atoms with van der Waals surface area (Å²) in [5.41, 5.74) is 2.21. The van der Waals surface area contributed by atoms with Gasteiger partial charge in [-0.25, -0.2) is 0 Å². The average Bonchev–Trinajstić information content (AvgIpc) is 2.38. The van der Waals surface area contributed by atoms with Gasteiger partial charge in [-0.1, -0.05) is 37.4 Å². The molecule has 1 aliphatic carbocycles. The van der Waals surface area contributed by atoms with Crippen molar-refractivity contribution in [1.82, 2.24) is 0 Å². The Labute approximate surface area is 120 Å². The van der Waals surface area contributed by atoms with Gasteiger partial charge in [0.15, 0.2) is 0 Å². The first-order chi connectivity index (χ1) is 8.63. The second-order valence-electron chi connectivity index (χ2n) is 5.35. The minimum atomic E-state index is 0.475. The number of nitrogens with zero attached hydrogens (tertiary/aromatic N) is 1. The standard InChI is InChI=1S/C15H21Cl2N/c1-11-5-3-4-6-15(11)18(2)13-8-7-12(10-16)14(17)9-13/h7-9,11,15H,3-6,10H2,1-2H3. The summed E-state index contributed by atoms with van der Waals surface area (Å²) in [5, 5.41) is 0.776. The molecule has 0 amide bonds. The third-order valence-corrected chi connectivity index (χ3v) is 4.79. The number of alkyl halides is 1. The quantitative estimate of drug-likeness (QED) is 0.699. The van der Waals surface area contributed by atoms with Crippen molar-refractivity contribution in [3.8, 4) is 0 Å². The first-order valence-corrected chi connectivity index (χ1v) is 7.62. The molecule has 18 heavy (non-hydrogen) atoms. The van der Waals surface area contributed by atoms with E-state index in [0.717, 1.165) is 16.5 Å². The Morgan fingerprint density at radius 3 is 2.61 bits per heavy atom. The lowest BCUT2D eigenvalue weighted by atomic mass is 9.85. The highest BCUT2D eigenvalue weighted by Gasteiger charge is 2.25. The Bertz CT molecular complexity index is 405. The van der Waals surface area contributed by atoms with Crippen LogP contribution in [0.3, 0.4) is 0 Å². The molecule has 100 valence electrons. The Balaban J connectivity index is 2.17. The Morgan fingerprint density at radius 2 is 2.00 bits per heavy atom. The van der Waals surface area contributed by atoms with Crippen LogP contribution in [-0.4, -0.2) is 13.1 Å². The van der Waals surface area contributed by atoms with Crippen LogP contribution in [0.5, 0.6) is 0 Å². The second-order valence-corrected chi connectivity index (χ2v) is 6.02. The van der Waals surface area contributed by atoms with E-state index in [1.807, 2.05) is 12.1 Å². The Hall–Kier alpha value is -0.400. The van der Waals surface area contributed by atoms with Gasteiger partial charge in [0.2, 0.25) is 0 Å². The number of benzene rings is 1. The predicted molar refractivity (Wildman–Crippen MR) is 80.8 cm³/mol. The van der Waals surface area contributed by atoms with Crippen LogP contribution >= 0.6 is 23.2 Å². The molecular weight excluding hydrogens is 265 g/mol. The lowest BCUT2D eigenvalue weighted by Gasteiger charge is -2.37. The summed E-state index contributed by atoms with van der Waals surface area (Å²) >= 11 is 12.1. The number of halogens is 2. The highest BCUT2D eigenvalue weighted by atomic mass is 35.5. The van der Waals surface area contributed by atoms with Crippen LogP contribution < -0.4 is 4.90 Å². The third kappa shape index (κ3) is 2.95. The topological polar surface area (TPSA) is 3.24 Å². The molecule has 2 unspecified atom stereocenters. The zero-order valence-corrected chi connectivity index (χ0v) is 12.6. The van der Waals surface area contributed by atoms with Crippen molar-refractivity contribution < 1.29 is 0 Å². The lowest BCUT2D eigenvalue weighted by molar-refractivity contribution is 0.321. The van der Waals surface area contributed by atoms with Gasteiger partial charge in [-0.3, -0.25) is 0 Å². The summed E-state index contributed by atoms with van der Waals surface area (Å²) in [6.45, 7) is 2.36. The van der Waals surface area contributed by atoms with E-state index in [9.17, 15) is 0 Å². The van der Waals surface area contributed by atoms with Gasteiger partial charge in [-0.15, -0.1) is 11.6 Å². The van der Waals surface area contributed by atoms with E-state index in [1.165, 1.54) is 31.4 Å². The summed E-state index contributed by atoms with van der Waals surface area (Å²) < 4.78 is 0. The molecule has 2 rings (SSSR count). The molecule has 1 nitrogen and oxygen atoms in total. The molecule has 0 heterocycles. The molecule has 1 saturated carbocycles. The number of anilines is 1. The zero-order chi connectivity index (χ0) is 13.1. The Kier molecular flexibility index (Phi) is 4.80. The maximum Gasteiger partial charge on any atom is 0.0488 e. The number of hydrogen-bond donors (Lipinski definition) is 0. The Morgan fingerprint density at radius 1 is 1.28 bits per heavy atom. The van der Waals surface area contributed by atoms with Crippen molar-refractivity contribution in [1.29, 1.82) is 0 Å². The highest BCUT2D eigenvalue weighted by Crippen LogP contribution is 2.32. The van der Waals surface area contributed by atoms with Gasteiger partial charge >= 0.3 is 0 Å². The molecular formula is C15H21Cl2N. The van der Waals surface area contributed by atoms with Crippen molar-refractivity contribution in [3.63, 3.8) is 0 Å². The molecule has 2 atom stereocenters. The van der Waals surface area contributed by atoms with Gasteiger partial charge in [0.25, 0.3) is 0 Å². The third-order valence-electron chi connectivity index (χ3n) is 4.15. The van der Waals surface area contributed by atoms with Crippen LogP contribution in [0.15, 0.2) is 18.2 Å². The summed E-state index contributed by atoms with van der Waals surface area (Å²) in [6.07, 6.45) is 5.33. The smallest absolute Gasteiger partial charge is 0.0488 e. The number of hydrogen-bond acceptors (Lipinski definition) is 1. The summed E-state index contributed by atoms with van der Waals surface area (Å²) in [7, 11) is 2.18. The van der Waals surface area contributed by atoms with Crippen LogP contribution in [0.4, 0.5) is 5.69 Å². The molecule has 0 aliphatic heterocycles. The molecule has 0 saturated heterocycles. The van der Waals surface area contributed by atoms with Crippen molar-refractivity contribution in [3.05, 3.63) is 28.8 Å². The fraction of sp³-hybridized carbons (Fsp3) is 0.600. The lowest BCUT2D eigenvalue weighted by Crippen LogP contribution is -2.38. The monoisotopic (exact) mass is 285 g/mol. The van der Waals surface area contributed by atoms with Crippen LogP contribution in [0, 0.1) is 5.92 Å². The summed E-state index contributed by atoms with van der Waals surface area (Å²) in [6, 6.07) is 6.84. The van der Waals surface area contributed by atoms with E-state index >= 15 is 0 Å². The minimum absolute atomic E-state index is 0.475. The van der Waals surface area contributed by atoms with Crippen molar-refractivity contribution in [2.45, 2.75) is 44.5 Å². The van der Waals surface area contributed by atoms with Crippen LogP contribution in [0.25, 0.3) is 0 Å². The predicted octanol–water partition coefficient (Wildman–Crippen LogP) is 5.09. The van der Waals surface area contributed by atoms with Crippen molar-refractivity contribution >= 4 is 28.9 Å². The van der Waals surface area contributed by atoms with Gasteiger partial charge in [0.05, 0.1) is 0 Å². The largest absolute Gasteiger partial charge is 0.371 e. The van der Waals surface area contributed by atoms with Gasteiger partial charge < -0.3 is 4.90 Å². The fourth-order valence-corrected chi connectivity index (χ4v) is 3.47. The first-order valence-electron chi connectivity index (χ1n) is 6.70. The maximum absolute atomic E-state index is 6.24. The zero-order valence-electron chi connectivity index (χ0n) is 11.1. The van der Waals surface area contributed by atoms with Crippen molar-refractivity contribution in [2.75, 3.05) is 11.9 Å². The van der Waals surface area contributed by atoms with Gasteiger partial charge in [0.1, 0.15) is 0 Å².